The molecular formula is C22H24N4O. The molecule has 2 atom stereocenters. The molecule has 2 aliphatic rings. The molecule has 0 N–H and O–H groups in total. The van der Waals surface area contributed by atoms with Gasteiger partial charge in [-0.25, -0.2) is 4.98 Å². The topological polar surface area (TPSA) is 63.7 Å². The number of hydrogen-bond acceptors (Lipinski definition) is 4. The van der Waals surface area contributed by atoms with Gasteiger partial charge in [-0.15, -0.1) is 0 Å². The Morgan fingerprint density at radius 3 is 2.81 bits per heavy atom. The summed E-state index contributed by atoms with van der Waals surface area (Å²) in [5.74, 6) is 1.75. The molecular weight excluding hydrogens is 336 g/mol. The van der Waals surface area contributed by atoms with E-state index in [0.29, 0.717) is 17.5 Å². The molecule has 3 heterocycles. The number of ether oxygens (including phenoxy) is 1. The monoisotopic (exact) mass is 360 g/mol. The highest BCUT2D eigenvalue weighted by Crippen LogP contribution is 2.40. The SMILES string of the molecule is C[C@@H]1C[C@H](n2c(C3CCCC3)nc3cnc4ccc(C#N)cc4c32)CCO1. The molecule has 0 amide bonds. The number of hydrogen-bond donors (Lipinski definition) is 0. The number of rotatable bonds is 2. The molecule has 3 aromatic rings. The molecule has 1 aliphatic heterocycles. The Bertz CT molecular complexity index is 1040. The van der Waals surface area contributed by atoms with E-state index in [1.165, 1.54) is 31.5 Å². The van der Waals surface area contributed by atoms with E-state index in [1.807, 2.05) is 24.4 Å². The van der Waals surface area contributed by atoms with Crippen LogP contribution in [0.15, 0.2) is 24.4 Å². The number of aromatic nitrogens is 3. The van der Waals surface area contributed by atoms with Crippen LogP contribution in [0.5, 0.6) is 0 Å². The van der Waals surface area contributed by atoms with Crippen LogP contribution in [-0.4, -0.2) is 27.2 Å². The highest BCUT2D eigenvalue weighted by molar-refractivity contribution is 6.03. The maximum Gasteiger partial charge on any atom is 0.113 e. The van der Waals surface area contributed by atoms with Gasteiger partial charge in [0.15, 0.2) is 0 Å². The number of nitrogens with zero attached hydrogens (tertiary/aromatic N) is 4. The normalized spacial score (nSPS) is 23.9. The van der Waals surface area contributed by atoms with Crippen LogP contribution in [0, 0.1) is 11.3 Å². The van der Waals surface area contributed by atoms with Crippen molar-refractivity contribution in [2.45, 2.75) is 63.5 Å². The van der Waals surface area contributed by atoms with E-state index < -0.39 is 0 Å². The zero-order valence-electron chi connectivity index (χ0n) is 15.7. The van der Waals surface area contributed by atoms with E-state index in [9.17, 15) is 5.26 Å². The van der Waals surface area contributed by atoms with Gasteiger partial charge in [-0.2, -0.15) is 5.26 Å². The lowest BCUT2D eigenvalue weighted by Gasteiger charge is -2.31. The fraction of sp³-hybridized carbons (Fsp3) is 0.500. The van der Waals surface area contributed by atoms with E-state index in [1.54, 1.807) is 0 Å². The minimum absolute atomic E-state index is 0.264. The summed E-state index contributed by atoms with van der Waals surface area (Å²) in [4.78, 5) is 9.69. The van der Waals surface area contributed by atoms with E-state index >= 15 is 0 Å². The van der Waals surface area contributed by atoms with Crippen LogP contribution in [0.3, 0.4) is 0 Å². The second kappa shape index (κ2) is 6.61. The van der Waals surface area contributed by atoms with Crippen molar-refractivity contribution in [3.05, 3.63) is 35.8 Å². The Hall–Kier alpha value is -2.45. The van der Waals surface area contributed by atoms with E-state index in [4.69, 9.17) is 9.72 Å². The fourth-order valence-electron chi connectivity index (χ4n) is 4.91. The van der Waals surface area contributed by atoms with Gasteiger partial charge in [0, 0.05) is 24.0 Å². The predicted molar refractivity (Wildman–Crippen MR) is 105 cm³/mol. The lowest BCUT2D eigenvalue weighted by atomic mass is 10.0. The quantitative estimate of drug-likeness (QED) is 0.655. The van der Waals surface area contributed by atoms with E-state index in [0.717, 1.165) is 41.4 Å². The lowest BCUT2D eigenvalue weighted by molar-refractivity contribution is 0.00607. The Balaban J connectivity index is 1.79. The zero-order chi connectivity index (χ0) is 18.4. The first-order valence-corrected chi connectivity index (χ1v) is 10.1. The summed E-state index contributed by atoms with van der Waals surface area (Å²) in [6.07, 6.45) is 9.20. The van der Waals surface area contributed by atoms with Crippen molar-refractivity contribution in [1.29, 1.82) is 5.26 Å². The fourth-order valence-corrected chi connectivity index (χ4v) is 4.91. The number of pyridine rings is 1. The van der Waals surface area contributed by atoms with Crippen molar-refractivity contribution in [2.24, 2.45) is 0 Å². The maximum absolute atomic E-state index is 9.39. The van der Waals surface area contributed by atoms with Gasteiger partial charge in [0.25, 0.3) is 0 Å². The third-order valence-corrected chi connectivity index (χ3v) is 6.21. The van der Waals surface area contributed by atoms with Crippen molar-refractivity contribution in [2.75, 3.05) is 6.61 Å². The molecule has 1 saturated heterocycles. The molecule has 2 fully saturated rings. The first-order valence-electron chi connectivity index (χ1n) is 10.1. The molecule has 5 rings (SSSR count). The number of benzene rings is 1. The summed E-state index contributed by atoms with van der Waals surface area (Å²) < 4.78 is 8.31. The van der Waals surface area contributed by atoms with Gasteiger partial charge in [-0.3, -0.25) is 4.98 Å². The van der Waals surface area contributed by atoms with Crippen molar-refractivity contribution < 1.29 is 4.74 Å². The van der Waals surface area contributed by atoms with Gasteiger partial charge < -0.3 is 9.30 Å². The summed E-state index contributed by atoms with van der Waals surface area (Å²) in [5.41, 5.74) is 3.71. The average molecular weight is 360 g/mol. The highest BCUT2D eigenvalue weighted by Gasteiger charge is 2.30. The van der Waals surface area contributed by atoms with Crippen LogP contribution in [0.1, 0.15) is 68.8 Å². The molecule has 2 aromatic heterocycles. The molecule has 0 radical (unpaired) electrons. The van der Waals surface area contributed by atoms with E-state index in [-0.39, 0.29) is 6.10 Å². The van der Waals surface area contributed by atoms with Gasteiger partial charge in [-0.05, 0) is 50.8 Å². The Labute approximate surface area is 159 Å². The average Bonchev–Trinajstić information content (AvgIpc) is 3.35. The predicted octanol–water partition coefficient (Wildman–Crippen LogP) is 4.85. The number of nitriles is 1. The molecule has 1 aromatic carbocycles. The van der Waals surface area contributed by atoms with Crippen LogP contribution >= 0.6 is 0 Å². The van der Waals surface area contributed by atoms with Gasteiger partial charge in [0.1, 0.15) is 11.3 Å². The summed E-state index contributed by atoms with van der Waals surface area (Å²) in [7, 11) is 0. The molecule has 27 heavy (non-hydrogen) atoms. The van der Waals surface area contributed by atoms with Crippen LogP contribution in [0.4, 0.5) is 0 Å². The van der Waals surface area contributed by atoms with Crippen molar-refractivity contribution in [3.8, 4) is 6.07 Å². The van der Waals surface area contributed by atoms with Crippen molar-refractivity contribution in [3.63, 3.8) is 0 Å². The molecule has 0 unspecified atom stereocenters. The summed E-state index contributed by atoms with van der Waals surface area (Å²) >= 11 is 0. The molecule has 1 saturated carbocycles. The smallest absolute Gasteiger partial charge is 0.113 e. The van der Waals surface area contributed by atoms with Gasteiger partial charge in [-0.1, -0.05) is 12.8 Å². The molecule has 0 spiro atoms. The standard InChI is InChI=1S/C22H24N4O/c1-14-10-17(8-9-27-14)26-21-18-11-15(12-23)6-7-19(18)24-13-20(21)25-22(26)16-4-2-3-5-16/h6-7,11,13-14,16-17H,2-5,8-10H2,1H3/t14-,17-/m1/s1. The second-order valence-corrected chi connectivity index (χ2v) is 8.02. The van der Waals surface area contributed by atoms with Crippen LogP contribution in [-0.2, 0) is 4.74 Å². The van der Waals surface area contributed by atoms with Crippen LogP contribution < -0.4 is 0 Å². The third kappa shape index (κ3) is 2.80. The van der Waals surface area contributed by atoms with Crippen LogP contribution in [0.2, 0.25) is 0 Å². The first-order chi connectivity index (χ1) is 13.2. The maximum atomic E-state index is 9.39. The zero-order valence-corrected chi connectivity index (χ0v) is 15.7. The van der Waals surface area contributed by atoms with E-state index in [2.05, 4.69) is 22.5 Å². The number of fused-ring (bicyclic) bond motifs is 3. The highest BCUT2D eigenvalue weighted by atomic mass is 16.5. The summed E-state index contributed by atoms with van der Waals surface area (Å²) in [5, 5.41) is 10.4. The molecule has 1 aliphatic carbocycles. The third-order valence-electron chi connectivity index (χ3n) is 6.21. The number of imidazole rings is 1. The molecule has 0 bridgehead atoms. The Morgan fingerprint density at radius 2 is 2.04 bits per heavy atom. The molecule has 5 heteroatoms. The van der Waals surface area contributed by atoms with Gasteiger partial charge in [0.05, 0.1) is 35.0 Å². The Morgan fingerprint density at radius 1 is 1.19 bits per heavy atom. The Kier molecular flexibility index (Phi) is 4.09. The molecule has 138 valence electrons. The first kappa shape index (κ1) is 16.7. The van der Waals surface area contributed by atoms with Gasteiger partial charge in [0.2, 0.25) is 0 Å². The summed E-state index contributed by atoms with van der Waals surface area (Å²) in [6.45, 7) is 2.95. The van der Waals surface area contributed by atoms with Gasteiger partial charge >= 0.3 is 0 Å². The lowest BCUT2D eigenvalue weighted by Crippen LogP contribution is -2.27. The largest absolute Gasteiger partial charge is 0.378 e. The van der Waals surface area contributed by atoms with Crippen LogP contribution in [0.25, 0.3) is 21.9 Å². The van der Waals surface area contributed by atoms with Crippen molar-refractivity contribution in [1.82, 2.24) is 14.5 Å². The molecule has 5 nitrogen and oxygen atoms in total. The minimum Gasteiger partial charge on any atom is -0.378 e. The second-order valence-electron chi connectivity index (χ2n) is 8.02. The van der Waals surface area contributed by atoms with Crippen molar-refractivity contribution >= 4 is 21.9 Å². The minimum atomic E-state index is 0.264. The summed E-state index contributed by atoms with van der Waals surface area (Å²) in [6, 6.07) is 8.44.